The minimum Gasteiger partial charge on any atom is -0.474 e. The number of aliphatic hydroxyl groups excluding tert-OH is 1. The highest BCUT2D eigenvalue weighted by atomic mass is 32.1. The molecule has 23 heteroatoms. The lowest BCUT2D eigenvalue weighted by molar-refractivity contribution is -0.142. The number of amides is 5. The molecule has 8 heterocycles. The average molecular weight is 1020 g/mol. The Morgan fingerprint density at radius 2 is 1.70 bits per heavy atom. The van der Waals surface area contributed by atoms with Crippen LogP contribution in [0.15, 0.2) is 73.0 Å². The number of rotatable bonds is 13. The fourth-order valence-corrected chi connectivity index (χ4v) is 9.72. The number of nitrogens with one attached hydrogen (secondary N) is 3. The van der Waals surface area contributed by atoms with Crippen molar-refractivity contribution in [1.29, 1.82) is 0 Å². The summed E-state index contributed by atoms with van der Waals surface area (Å²) in [6.07, 6.45) is 7.94. The zero-order valence-corrected chi connectivity index (χ0v) is 42.3. The summed E-state index contributed by atoms with van der Waals surface area (Å²) in [5, 5.41) is 19.3. The average Bonchev–Trinajstić information content (AvgIpc) is 4.11. The van der Waals surface area contributed by atoms with Crippen LogP contribution in [0.1, 0.15) is 62.8 Å². The lowest BCUT2D eigenvalue weighted by atomic mass is 9.85. The lowest BCUT2D eigenvalue weighted by Gasteiger charge is -2.35. The van der Waals surface area contributed by atoms with Crippen molar-refractivity contribution in [2.24, 2.45) is 5.41 Å². The molecule has 0 spiro atoms. The van der Waals surface area contributed by atoms with Crippen LogP contribution in [-0.4, -0.2) is 156 Å². The fraction of sp³-hybridized carbons (Fsp3) is 0.420. The van der Waals surface area contributed by atoms with Gasteiger partial charge in [0.05, 0.1) is 71.9 Å². The first-order chi connectivity index (χ1) is 35.0. The van der Waals surface area contributed by atoms with Gasteiger partial charge >= 0.3 is 6.09 Å². The van der Waals surface area contributed by atoms with Gasteiger partial charge in [0.2, 0.25) is 23.6 Å². The quantitative estimate of drug-likeness (QED) is 0.128. The van der Waals surface area contributed by atoms with Crippen LogP contribution in [-0.2, 0) is 25.7 Å². The van der Waals surface area contributed by atoms with Crippen LogP contribution in [0, 0.1) is 12.3 Å². The topological polar surface area (TPSA) is 255 Å². The first-order valence-corrected chi connectivity index (χ1v) is 25.0. The number of pyridine rings is 1. The van der Waals surface area contributed by atoms with Crippen molar-refractivity contribution >= 4 is 64.0 Å². The van der Waals surface area contributed by atoms with Crippen molar-refractivity contribution in [1.82, 2.24) is 54.7 Å². The molecule has 5 amide bonds. The van der Waals surface area contributed by atoms with Gasteiger partial charge in [-0.15, -0.1) is 11.3 Å². The highest BCUT2D eigenvalue weighted by Crippen LogP contribution is 2.34. The molecule has 1 aromatic carbocycles. The van der Waals surface area contributed by atoms with Gasteiger partial charge in [-0.2, -0.15) is 0 Å². The Morgan fingerprint density at radius 1 is 0.918 bits per heavy atom. The third kappa shape index (κ3) is 11.5. The molecule has 2 saturated heterocycles. The summed E-state index contributed by atoms with van der Waals surface area (Å²) in [7, 11) is 0. The maximum absolute atomic E-state index is 14.2. The normalized spacial score (nSPS) is 17.5. The summed E-state index contributed by atoms with van der Waals surface area (Å²) in [5.74, 6) is -0.483. The molecule has 4 N–H and O–H groups in total. The molecule has 382 valence electrons. The first kappa shape index (κ1) is 50.3. The van der Waals surface area contributed by atoms with E-state index in [0.29, 0.717) is 79.4 Å². The number of anilines is 3. The molecule has 0 saturated carbocycles. The molecular weight excluding hydrogens is 957 g/mol. The maximum Gasteiger partial charge on any atom is 0.414 e. The Balaban J connectivity index is 0.753. The molecule has 9 rings (SSSR count). The van der Waals surface area contributed by atoms with Crippen LogP contribution in [0.4, 0.5) is 22.1 Å². The van der Waals surface area contributed by atoms with E-state index in [2.05, 4.69) is 45.9 Å². The summed E-state index contributed by atoms with van der Waals surface area (Å²) in [4.78, 5) is 102. The number of ether oxygens (including phenoxy) is 2. The number of carbonyl (C=O) groups excluding carboxylic acids is 5. The minimum atomic E-state index is -1.05. The molecule has 73 heavy (non-hydrogen) atoms. The summed E-state index contributed by atoms with van der Waals surface area (Å²) in [6, 6.07) is 7.64. The largest absolute Gasteiger partial charge is 0.474 e. The number of imidazole rings is 1. The molecule has 0 unspecified atom stereocenters. The molecule has 6 aromatic rings. The molecule has 22 nitrogen and oxygen atoms in total. The second kappa shape index (κ2) is 21.2. The smallest absolute Gasteiger partial charge is 0.414 e. The molecular formula is C50H58N14O8S. The number of piperazine rings is 1. The number of benzene rings is 1. The van der Waals surface area contributed by atoms with Gasteiger partial charge in [0.1, 0.15) is 35.9 Å². The number of carbonyl (C=O) groups is 5. The Labute approximate surface area is 425 Å². The third-order valence-corrected chi connectivity index (χ3v) is 13.7. The number of nitrogens with zero attached hydrogens (tertiary/aromatic N) is 11. The van der Waals surface area contributed by atoms with Gasteiger partial charge in [0.15, 0.2) is 11.5 Å². The third-order valence-electron chi connectivity index (χ3n) is 12.8. The Bertz CT molecular complexity index is 3000. The summed E-state index contributed by atoms with van der Waals surface area (Å²) < 4.78 is 12.9. The molecule has 2 fully saturated rings. The van der Waals surface area contributed by atoms with Crippen LogP contribution in [0.5, 0.6) is 5.88 Å². The molecule has 5 aromatic heterocycles. The Hall–Kier alpha value is -7.63. The zero-order chi connectivity index (χ0) is 51.6. The van der Waals surface area contributed by atoms with E-state index in [4.69, 9.17) is 9.47 Å². The second-order valence-corrected chi connectivity index (χ2v) is 20.4. The monoisotopic (exact) mass is 1010 g/mol. The molecule has 0 bridgehead atoms. The van der Waals surface area contributed by atoms with Gasteiger partial charge < -0.3 is 44.7 Å². The van der Waals surface area contributed by atoms with Crippen LogP contribution in [0.2, 0.25) is 0 Å². The van der Waals surface area contributed by atoms with Crippen LogP contribution < -0.4 is 30.5 Å². The Kier molecular flexibility index (Phi) is 14.6. The number of hydrogen-bond acceptors (Lipinski definition) is 17. The van der Waals surface area contributed by atoms with E-state index in [1.807, 2.05) is 61.8 Å². The van der Waals surface area contributed by atoms with Crippen LogP contribution in [0.3, 0.4) is 0 Å². The van der Waals surface area contributed by atoms with Crippen molar-refractivity contribution in [2.45, 2.75) is 78.8 Å². The van der Waals surface area contributed by atoms with Gasteiger partial charge in [0.25, 0.3) is 5.91 Å². The number of likely N-dealkylation sites (tertiary alicyclic amines) is 1. The highest BCUT2D eigenvalue weighted by molar-refractivity contribution is 7.13. The first-order valence-electron chi connectivity index (χ1n) is 24.1. The van der Waals surface area contributed by atoms with Crippen molar-refractivity contribution in [2.75, 3.05) is 67.5 Å². The predicted octanol–water partition coefficient (Wildman–Crippen LogP) is 3.94. The van der Waals surface area contributed by atoms with Gasteiger partial charge in [-0.3, -0.25) is 34.0 Å². The van der Waals surface area contributed by atoms with Crippen molar-refractivity contribution in [3.05, 3.63) is 90.0 Å². The number of hydrogen-bond donors (Lipinski definition) is 4. The Morgan fingerprint density at radius 3 is 2.40 bits per heavy atom. The molecule has 0 aliphatic carbocycles. The van der Waals surface area contributed by atoms with Gasteiger partial charge in [-0.1, -0.05) is 45.0 Å². The van der Waals surface area contributed by atoms with Gasteiger partial charge in [-0.25, -0.2) is 29.7 Å². The fourth-order valence-electron chi connectivity index (χ4n) is 8.91. The summed E-state index contributed by atoms with van der Waals surface area (Å²) >= 11 is 1.56. The number of fused-ring (bicyclic) bond motifs is 2. The molecule has 3 atom stereocenters. The zero-order valence-electron chi connectivity index (χ0n) is 41.4. The van der Waals surface area contributed by atoms with Crippen LogP contribution >= 0.6 is 11.3 Å². The number of aryl methyl sites for hydroxylation is 1. The van der Waals surface area contributed by atoms with Gasteiger partial charge in [0, 0.05) is 63.6 Å². The van der Waals surface area contributed by atoms with E-state index in [9.17, 15) is 29.1 Å². The van der Waals surface area contributed by atoms with E-state index >= 15 is 0 Å². The van der Waals surface area contributed by atoms with E-state index in [-0.39, 0.29) is 43.8 Å². The highest BCUT2D eigenvalue weighted by Gasteiger charge is 2.45. The number of aromatic nitrogens is 7. The number of β-amino-alcohol motifs (C(OH)–C–C–N with tert-alkyl or cyclic N) is 1. The number of thiazole rings is 1. The summed E-state index contributed by atoms with van der Waals surface area (Å²) in [6.45, 7) is 14.1. The standard InChI is InChI=1S/C50H58N14O8S/c1-29(2)72-49(70)63-15-16-71-47-38(63)17-33(20-55-47)36-25-62-26-39(57-41(62)23-52-36)58-42(66)27-60-11-13-61(14-12-60)40-22-51-35(21-53-40)45(67)59-44(50(4,5)6)48(69)64-24-34(65)18-37(64)46(68)54-19-31-7-9-32(10-8-31)43-30(3)56-28-73-43/h7-10,17,20-23,25-26,28-29,34,37,44,65H,11-16,18-19,24,27H2,1-6H3,(H,54,68)(H,58,66)(H,59,67)/t34-,37+,44-/m1/s1. The SMILES string of the molecule is Cc1ncsc1-c1ccc(CNC(=O)[C@@H]2C[C@@H](O)CN2C(=O)[C@@H](NC(=O)c2cnc(N3CCN(CC(=O)Nc4cn5cc(-c6cnc7c(c6)N(C(=O)OC(C)C)CCO7)ncc5n4)CC3)cn2)C(C)(C)C)cc1. The predicted molar refractivity (Wildman–Crippen MR) is 271 cm³/mol. The van der Waals surface area contributed by atoms with E-state index in [1.54, 1.807) is 65.9 Å². The van der Waals surface area contributed by atoms with Gasteiger partial charge in [-0.05, 0) is 43.4 Å². The van der Waals surface area contributed by atoms with Crippen molar-refractivity contribution < 1.29 is 38.6 Å². The summed E-state index contributed by atoms with van der Waals surface area (Å²) in [5.41, 5.74) is 6.13. The number of aliphatic hydroxyl groups is 1. The minimum absolute atomic E-state index is 0.00938. The van der Waals surface area contributed by atoms with E-state index in [0.717, 1.165) is 21.7 Å². The molecule has 3 aliphatic rings. The van der Waals surface area contributed by atoms with Crippen molar-refractivity contribution in [3.63, 3.8) is 0 Å². The van der Waals surface area contributed by atoms with Crippen LogP contribution in [0.25, 0.3) is 27.3 Å². The second-order valence-electron chi connectivity index (χ2n) is 19.6. The van der Waals surface area contributed by atoms with E-state index in [1.165, 1.54) is 22.2 Å². The molecule has 0 radical (unpaired) electrons. The van der Waals surface area contributed by atoms with E-state index < -0.39 is 47.4 Å². The molecule has 3 aliphatic heterocycles. The maximum atomic E-state index is 14.2. The van der Waals surface area contributed by atoms with Crippen molar-refractivity contribution in [3.8, 4) is 27.6 Å². The lowest BCUT2D eigenvalue weighted by Crippen LogP contribution is -2.57.